The van der Waals surface area contributed by atoms with Gasteiger partial charge in [-0.15, -0.1) is 0 Å². The van der Waals surface area contributed by atoms with Crippen LogP contribution >= 0.6 is 0 Å². The van der Waals surface area contributed by atoms with Crippen molar-refractivity contribution in [1.82, 2.24) is 30.3 Å². The first-order valence-electron chi connectivity index (χ1n) is 9.80. The number of aryl methyl sites for hydroxylation is 3. The zero-order valence-electron chi connectivity index (χ0n) is 16.9. The predicted molar refractivity (Wildman–Crippen MR) is 104 cm³/mol. The number of rotatable bonds is 9. The minimum Gasteiger partial charge on any atom is -0.346 e. The largest absolute Gasteiger partial charge is 0.346 e. The van der Waals surface area contributed by atoms with Gasteiger partial charge in [-0.25, -0.2) is 4.98 Å². The molecule has 0 bridgehead atoms. The van der Waals surface area contributed by atoms with Crippen LogP contribution in [0, 0.1) is 6.92 Å². The molecule has 2 atom stereocenters. The van der Waals surface area contributed by atoms with Gasteiger partial charge in [-0.2, -0.15) is 10.1 Å². The molecular formula is C20H30N6O. The van der Waals surface area contributed by atoms with E-state index in [2.05, 4.69) is 64.1 Å². The third-order valence-electron chi connectivity index (χ3n) is 4.98. The molecule has 0 aliphatic heterocycles. The van der Waals surface area contributed by atoms with Crippen LogP contribution in [0.4, 0.5) is 0 Å². The van der Waals surface area contributed by atoms with E-state index in [1.165, 1.54) is 5.69 Å². The van der Waals surface area contributed by atoms with E-state index < -0.39 is 0 Å². The van der Waals surface area contributed by atoms with Gasteiger partial charge in [0.2, 0.25) is 5.89 Å². The van der Waals surface area contributed by atoms with Crippen LogP contribution in [0.1, 0.15) is 92.9 Å². The average molecular weight is 371 g/mol. The quantitative estimate of drug-likeness (QED) is 0.581. The Labute approximate surface area is 160 Å². The normalized spacial score (nSPS) is 14.0. The molecule has 0 spiro atoms. The Bertz CT molecular complexity index is 846. The molecule has 0 amide bonds. The molecule has 0 saturated heterocycles. The van der Waals surface area contributed by atoms with E-state index in [-0.39, 0.29) is 0 Å². The van der Waals surface area contributed by atoms with Crippen molar-refractivity contribution in [3.63, 3.8) is 0 Å². The second-order valence-electron chi connectivity index (χ2n) is 7.85. The highest BCUT2D eigenvalue weighted by Crippen LogP contribution is 2.22. The molecule has 27 heavy (non-hydrogen) atoms. The molecule has 0 saturated carbocycles. The number of imidazole rings is 1. The summed E-state index contributed by atoms with van der Waals surface area (Å²) in [6, 6.07) is 2.18. The molecule has 7 heteroatoms. The first-order chi connectivity index (χ1) is 12.9. The summed E-state index contributed by atoms with van der Waals surface area (Å²) < 4.78 is 5.33. The molecule has 146 valence electrons. The van der Waals surface area contributed by atoms with Gasteiger partial charge in [0.25, 0.3) is 0 Å². The SMILES string of the molecule is Cc1cnc(C(C)CCc2cc(C(C)CCc3nc(C(C)C)no3)n[nH]2)[nH]1. The van der Waals surface area contributed by atoms with Crippen molar-refractivity contribution in [1.29, 1.82) is 0 Å². The molecule has 0 radical (unpaired) electrons. The van der Waals surface area contributed by atoms with Crippen LogP contribution in [0.15, 0.2) is 16.8 Å². The Hall–Kier alpha value is -2.44. The number of aromatic nitrogens is 6. The Morgan fingerprint density at radius 2 is 1.85 bits per heavy atom. The summed E-state index contributed by atoms with van der Waals surface area (Å²) >= 11 is 0. The first kappa shape index (κ1) is 19.3. The van der Waals surface area contributed by atoms with Crippen molar-refractivity contribution < 1.29 is 4.52 Å². The third kappa shape index (κ3) is 5.05. The topological polar surface area (TPSA) is 96.3 Å². The highest BCUT2D eigenvalue weighted by molar-refractivity contribution is 5.13. The second kappa shape index (κ2) is 8.50. The molecular weight excluding hydrogens is 340 g/mol. The molecule has 2 N–H and O–H groups in total. The highest BCUT2D eigenvalue weighted by atomic mass is 16.5. The number of H-pyrrole nitrogens is 2. The van der Waals surface area contributed by atoms with E-state index in [1.807, 2.05) is 13.1 Å². The van der Waals surface area contributed by atoms with Crippen LogP contribution in [0.3, 0.4) is 0 Å². The fraction of sp³-hybridized carbons (Fsp3) is 0.600. The van der Waals surface area contributed by atoms with Gasteiger partial charge in [0.15, 0.2) is 5.82 Å². The smallest absolute Gasteiger partial charge is 0.226 e. The van der Waals surface area contributed by atoms with E-state index in [4.69, 9.17) is 4.52 Å². The van der Waals surface area contributed by atoms with Gasteiger partial charge in [-0.05, 0) is 32.3 Å². The van der Waals surface area contributed by atoms with Gasteiger partial charge < -0.3 is 9.51 Å². The first-order valence-corrected chi connectivity index (χ1v) is 9.80. The summed E-state index contributed by atoms with van der Waals surface area (Å²) in [7, 11) is 0. The number of nitrogens with zero attached hydrogens (tertiary/aromatic N) is 4. The zero-order chi connectivity index (χ0) is 19.4. The van der Waals surface area contributed by atoms with E-state index in [1.54, 1.807) is 0 Å². The number of aromatic amines is 2. The van der Waals surface area contributed by atoms with Gasteiger partial charge in [-0.3, -0.25) is 5.10 Å². The number of nitrogens with one attached hydrogen (secondary N) is 2. The third-order valence-corrected chi connectivity index (χ3v) is 4.98. The lowest BCUT2D eigenvalue weighted by Crippen LogP contribution is -1.99. The van der Waals surface area contributed by atoms with Crippen LogP contribution in [0.25, 0.3) is 0 Å². The van der Waals surface area contributed by atoms with Gasteiger partial charge in [0, 0.05) is 41.8 Å². The summed E-state index contributed by atoms with van der Waals surface area (Å²) in [4.78, 5) is 12.2. The van der Waals surface area contributed by atoms with Gasteiger partial charge in [-0.1, -0.05) is 32.9 Å². The predicted octanol–water partition coefficient (Wildman–Crippen LogP) is 4.42. The monoisotopic (exact) mass is 370 g/mol. The fourth-order valence-electron chi connectivity index (χ4n) is 3.04. The van der Waals surface area contributed by atoms with E-state index in [0.29, 0.717) is 23.6 Å². The minimum atomic E-state index is 0.293. The Morgan fingerprint density at radius 3 is 2.52 bits per heavy atom. The van der Waals surface area contributed by atoms with E-state index >= 15 is 0 Å². The molecule has 0 aliphatic carbocycles. The minimum absolute atomic E-state index is 0.293. The maximum absolute atomic E-state index is 5.33. The van der Waals surface area contributed by atoms with Crippen LogP contribution in [0.5, 0.6) is 0 Å². The standard InChI is InChI=1S/C20H30N6O/c1-12(2)19-23-18(27-26-19)9-7-13(3)17-10-16(24-25-17)8-6-14(4)20-21-11-15(5)22-20/h10-14H,6-9H2,1-5H3,(H,21,22)(H,24,25). The molecule has 0 aromatic carbocycles. The van der Waals surface area contributed by atoms with Crippen molar-refractivity contribution >= 4 is 0 Å². The van der Waals surface area contributed by atoms with Crippen molar-refractivity contribution in [2.45, 2.75) is 78.1 Å². The van der Waals surface area contributed by atoms with Crippen molar-refractivity contribution in [2.75, 3.05) is 0 Å². The zero-order valence-corrected chi connectivity index (χ0v) is 16.9. The van der Waals surface area contributed by atoms with Gasteiger partial charge >= 0.3 is 0 Å². The van der Waals surface area contributed by atoms with Crippen molar-refractivity contribution in [3.8, 4) is 0 Å². The Balaban J connectivity index is 1.48. The Morgan fingerprint density at radius 1 is 1.07 bits per heavy atom. The summed E-state index contributed by atoms with van der Waals surface area (Å²) in [6.07, 6.45) is 5.59. The molecule has 3 aromatic rings. The summed E-state index contributed by atoms with van der Waals surface area (Å²) in [5.74, 6) is 3.58. The summed E-state index contributed by atoms with van der Waals surface area (Å²) in [5.41, 5.74) is 3.37. The fourth-order valence-corrected chi connectivity index (χ4v) is 3.04. The summed E-state index contributed by atoms with van der Waals surface area (Å²) in [6.45, 7) is 10.6. The van der Waals surface area contributed by atoms with Gasteiger partial charge in [0.05, 0.1) is 5.69 Å². The number of hydrogen-bond acceptors (Lipinski definition) is 5. The molecule has 3 aromatic heterocycles. The number of hydrogen-bond donors (Lipinski definition) is 2. The molecule has 3 rings (SSSR count). The van der Waals surface area contributed by atoms with Crippen molar-refractivity contribution in [3.05, 3.63) is 46.9 Å². The molecule has 7 nitrogen and oxygen atoms in total. The molecule has 2 unspecified atom stereocenters. The lowest BCUT2D eigenvalue weighted by molar-refractivity contribution is 0.365. The lowest BCUT2D eigenvalue weighted by atomic mass is 10.00. The molecule has 3 heterocycles. The Kier molecular flexibility index (Phi) is 6.08. The second-order valence-corrected chi connectivity index (χ2v) is 7.85. The van der Waals surface area contributed by atoms with Crippen LogP contribution in [-0.2, 0) is 12.8 Å². The maximum Gasteiger partial charge on any atom is 0.226 e. The highest BCUT2D eigenvalue weighted by Gasteiger charge is 2.15. The van der Waals surface area contributed by atoms with E-state index in [9.17, 15) is 0 Å². The molecule has 0 aliphatic rings. The lowest BCUT2D eigenvalue weighted by Gasteiger charge is -2.07. The average Bonchev–Trinajstić information content (AvgIpc) is 3.37. The molecule has 0 fully saturated rings. The van der Waals surface area contributed by atoms with E-state index in [0.717, 1.165) is 48.7 Å². The van der Waals surface area contributed by atoms with Crippen LogP contribution in [-0.4, -0.2) is 30.3 Å². The van der Waals surface area contributed by atoms with Crippen LogP contribution in [0.2, 0.25) is 0 Å². The summed E-state index contributed by atoms with van der Waals surface area (Å²) in [5, 5.41) is 11.7. The maximum atomic E-state index is 5.33. The van der Waals surface area contributed by atoms with Crippen LogP contribution < -0.4 is 0 Å². The van der Waals surface area contributed by atoms with Crippen molar-refractivity contribution in [2.24, 2.45) is 0 Å². The van der Waals surface area contributed by atoms with Gasteiger partial charge in [0.1, 0.15) is 5.82 Å².